The molecule has 4 nitrogen and oxygen atoms in total. The number of benzene rings is 2. The van der Waals surface area contributed by atoms with Gasteiger partial charge in [0, 0.05) is 18.4 Å². The van der Waals surface area contributed by atoms with E-state index >= 15 is 0 Å². The van der Waals surface area contributed by atoms with Crippen LogP contribution in [0, 0.1) is 5.92 Å². The Kier molecular flexibility index (Phi) is 4.93. The van der Waals surface area contributed by atoms with Gasteiger partial charge in [0.15, 0.2) is 0 Å². The standard InChI is InChI=1S/C22H25NO3/c24-21-12-6-1-7-15(21)13-23-22(25)26-14-20-18-10-4-2-8-16(18)17-9-3-5-11-19(17)20/h2-5,8-11,15,20-21,24H,1,6-7,12-14H2,(H,23,25). The van der Waals surface area contributed by atoms with Crippen molar-refractivity contribution < 1.29 is 14.6 Å². The molecular weight excluding hydrogens is 326 g/mol. The Morgan fingerprint density at radius 1 is 1.00 bits per heavy atom. The molecule has 0 spiro atoms. The van der Waals surface area contributed by atoms with Crippen LogP contribution < -0.4 is 5.32 Å². The minimum absolute atomic E-state index is 0.0772. The molecule has 2 aliphatic carbocycles. The number of aliphatic hydroxyl groups is 1. The Morgan fingerprint density at radius 2 is 1.62 bits per heavy atom. The second kappa shape index (κ2) is 7.50. The van der Waals surface area contributed by atoms with Crippen molar-refractivity contribution in [3.05, 3.63) is 59.7 Å². The zero-order chi connectivity index (χ0) is 17.9. The fourth-order valence-electron chi connectivity index (χ4n) is 4.29. The summed E-state index contributed by atoms with van der Waals surface area (Å²) in [6, 6.07) is 16.6. The molecule has 0 bridgehead atoms. The van der Waals surface area contributed by atoms with Gasteiger partial charge in [-0.25, -0.2) is 4.79 Å². The average Bonchev–Trinajstić information content (AvgIpc) is 3.00. The largest absolute Gasteiger partial charge is 0.449 e. The number of aliphatic hydroxyl groups excluding tert-OH is 1. The summed E-state index contributed by atoms with van der Waals surface area (Å²) in [6.07, 6.45) is 3.28. The Labute approximate surface area is 154 Å². The zero-order valence-electron chi connectivity index (χ0n) is 14.9. The summed E-state index contributed by atoms with van der Waals surface area (Å²) in [4.78, 5) is 12.2. The first-order chi connectivity index (χ1) is 12.7. The van der Waals surface area contributed by atoms with Gasteiger partial charge in [0.2, 0.25) is 0 Å². The third-order valence-corrected chi connectivity index (χ3v) is 5.72. The lowest BCUT2D eigenvalue weighted by Gasteiger charge is -2.27. The number of ether oxygens (including phenoxy) is 1. The number of hydrogen-bond donors (Lipinski definition) is 2. The Morgan fingerprint density at radius 3 is 2.27 bits per heavy atom. The first-order valence-electron chi connectivity index (χ1n) is 9.51. The van der Waals surface area contributed by atoms with Crippen LogP contribution in [0.1, 0.15) is 42.7 Å². The molecule has 2 aromatic carbocycles. The van der Waals surface area contributed by atoms with Crippen LogP contribution in [0.2, 0.25) is 0 Å². The number of amides is 1. The van der Waals surface area contributed by atoms with Gasteiger partial charge in [-0.3, -0.25) is 0 Å². The van der Waals surface area contributed by atoms with Crippen molar-refractivity contribution in [1.29, 1.82) is 0 Å². The number of rotatable bonds is 4. The summed E-state index contributed by atoms with van der Waals surface area (Å²) in [5, 5.41) is 12.8. The fourth-order valence-corrected chi connectivity index (χ4v) is 4.29. The molecule has 1 amide bonds. The normalized spacial score (nSPS) is 21.7. The maximum atomic E-state index is 12.2. The summed E-state index contributed by atoms with van der Waals surface area (Å²) in [5.74, 6) is 0.220. The highest BCUT2D eigenvalue weighted by Crippen LogP contribution is 2.44. The monoisotopic (exact) mass is 351 g/mol. The van der Waals surface area contributed by atoms with Gasteiger partial charge in [0.05, 0.1) is 6.10 Å². The molecule has 4 heteroatoms. The first kappa shape index (κ1) is 17.1. The summed E-state index contributed by atoms with van der Waals surface area (Å²) >= 11 is 0. The second-order valence-corrected chi connectivity index (χ2v) is 7.32. The van der Waals surface area contributed by atoms with Crippen molar-refractivity contribution >= 4 is 6.09 Å². The SMILES string of the molecule is O=C(NCC1CCCCC1O)OCC1c2ccccc2-c2ccccc21. The molecule has 1 fully saturated rings. The quantitative estimate of drug-likeness (QED) is 0.873. The van der Waals surface area contributed by atoms with Crippen LogP contribution in [0.4, 0.5) is 4.79 Å². The predicted molar refractivity (Wildman–Crippen MR) is 101 cm³/mol. The molecule has 2 atom stereocenters. The molecule has 0 radical (unpaired) electrons. The summed E-state index contributed by atoms with van der Waals surface area (Å²) < 4.78 is 5.53. The molecular formula is C22H25NO3. The van der Waals surface area contributed by atoms with Crippen molar-refractivity contribution in [3.63, 3.8) is 0 Å². The summed E-state index contributed by atoms with van der Waals surface area (Å²) in [5.41, 5.74) is 4.87. The van der Waals surface area contributed by atoms with Crippen LogP contribution in [-0.4, -0.2) is 30.5 Å². The molecule has 136 valence electrons. The Balaban J connectivity index is 1.38. The van der Waals surface area contributed by atoms with E-state index in [4.69, 9.17) is 4.74 Å². The first-order valence-corrected chi connectivity index (χ1v) is 9.51. The van der Waals surface area contributed by atoms with Gasteiger partial charge in [-0.1, -0.05) is 61.4 Å². The number of fused-ring (bicyclic) bond motifs is 3. The third kappa shape index (κ3) is 3.34. The predicted octanol–water partition coefficient (Wildman–Crippen LogP) is 4.08. The molecule has 0 aromatic heterocycles. The average molecular weight is 351 g/mol. The topological polar surface area (TPSA) is 58.6 Å². The van der Waals surface area contributed by atoms with Gasteiger partial charge in [0.1, 0.15) is 6.61 Å². The van der Waals surface area contributed by atoms with Gasteiger partial charge in [0.25, 0.3) is 0 Å². The van der Waals surface area contributed by atoms with Gasteiger partial charge in [-0.05, 0) is 35.1 Å². The zero-order valence-corrected chi connectivity index (χ0v) is 14.9. The van der Waals surface area contributed by atoms with E-state index in [-0.39, 0.29) is 17.9 Å². The van der Waals surface area contributed by atoms with E-state index in [1.807, 2.05) is 24.3 Å². The van der Waals surface area contributed by atoms with Crippen molar-refractivity contribution in [2.45, 2.75) is 37.7 Å². The minimum Gasteiger partial charge on any atom is -0.449 e. The smallest absolute Gasteiger partial charge is 0.407 e. The van der Waals surface area contributed by atoms with E-state index in [1.54, 1.807) is 0 Å². The van der Waals surface area contributed by atoms with Gasteiger partial charge in [-0.2, -0.15) is 0 Å². The van der Waals surface area contributed by atoms with Crippen LogP contribution in [-0.2, 0) is 4.74 Å². The summed E-state index contributed by atoms with van der Waals surface area (Å²) in [7, 11) is 0. The van der Waals surface area contributed by atoms with Crippen molar-refractivity contribution in [3.8, 4) is 11.1 Å². The van der Waals surface area contributed by atoms with Crippen molar-refractivity contribution in [2.75, 3.05) is 13.2 Å². The molecule has 4 rings (SSSR count). The molecule has 0 aliphatic heterocycles. The number of hydrogen-bond acceptors (Lipinski definition) is 3. The van der Waals surface area contributed by atoms with E-state index < -0.39 is 6.09 Å². The van der Waals surface area contributed by atoms with Crippen LogP contribution in [0.15, 0.2) is 48.5 Å². The van der Waals surface area contributed by atoms with Crippen LogP contribution in [0.5, 0.6) is 0 Å². The summed E-state index contributed by atoms with van der Waals surface area (Å²) in [6.45, 7) is 0.810. The molecule has 2 aromatic rings. The molecule has 2 aliphatic rings. The number of carbonyl (C=O) groups excluding carboxylic acids is 1. The number of nitrogens with one attached hydrogen (secondary N) is 1. The van der Waals surface area contributed by atoms with Crippen LogP contribution >= 0.6 is 0 Å². The van der Waals surface area contributed by atoms with Crippen LogP contribution in [0.25, 0.3) is 11.1 Å². The van der Waals surface area contributed by atoms with E-state index in [0.717, 1.165) is 25.7 Å². The van der Waals surface area contributed by atoms with Crippen LogP contribution in [0.3, 0.4) is 0 Å². The molecule has 2 unspecified atom stereocenters. The number of alkyl carbamates (subject to hydrolysis) is 1. The maximum Gasteiger partial charge on any atom is 0.407 e. The number of carbonyl (C=O) groups is 1. The lowest BCUT2D eigenvalue weighted by molar-refractivity contribution is 0.0676. The Hall–Kier alpha value is -2.33. The van der Waals surface area contributed by atoms with Gasteiger partial charge >= 0.3 is 6.09 Å². The molecule has 0 heterocycles. The molecule has 2 N–H and O–H groups in total. The van der Waals surface area contributed by atoms with Crippen molar-refractivity contribution in [1.82, 2.24) is 5.32 Å². The highest BCUT2D eigenvalue weighted by atomic mass is 16.5. The molecule has 0 saturated heterocycles. The lowest BCUT2D eigenvalue weighted by atomic mass is 9.86. The van der Waals surface area contributed by atoms with Gasteiger partial charge in [-0.15, -0.1) is 0 Å². The van der Waals surface area contributed by atoms with E-state index in [9.17, 15) is 9.90 Å². The maximum absolute atomic E-state index is 12.2. The molecule has 1 saturated carbocycles. The van der Waals surface area contributed by atoms with E-state index in [0.29, 0.717) is 13.2 Å². The second-order valence-electron chi connectivity index (χ2n) is 7.32. The highest BCUT2D eigenvalue weighted by molar-refractivity contribution is 5.79. The minimum atomic E-state index is -0.398. The highest BCUT2D eigenvalue weighted by Gasteiger charge is 2.29. The van der Waals surface area contributed by atoms with E-state index in [1.165, 1.54) is 22.3 Å². The lowest BCUT2D eigenvalue weighted by Crippen LogP contribution is -2.37. The molecule has 26 heavy (non-hydrogen) atoms. The van der Waals surface area contributed by atoms with E-state index in [2.05, 4.69) is 29.6 Å². The van der Waals surface area contributed by atoms with Crippen molar-refractivity contribution in [2.24, 2.45) is 5.92 Å². The Bertz CT molecular complexity index is 743. The third-order valence-electron chi connectivity index (χ3n) is 5.72. The van der Waals surface area contributed by atoms with Gasteiger partial charge < -0.3 is 15.2 Å². The fraction of sp³-hybridized carbons (Fsp3) is 0.409.